The zero-order chi connectivity index (χ0) is 12.5. The second-order valence-electron chi connectivity index (χ2n) is 3.90. The number of halogens is 1. The number of fused-ring (bicyclic) bond motifs is 1. The van der Waals surface area contributed by atoms with Crippen LogP contribution in [0.3, 0.4) is 0 Å². The van der Waals surface area contributed by atoms with E-state index in [0.29, 0.717) is 9.79 Å². The van der Waals surface area contributed by atoms with E-state index in [4.69, 9.17) is 23.8 Å². The zero-order valence-electron chi connectivity index (χ0n) is 9.38. The van der Waals surface area contributed by atoms with Crippen LogP contribution in [0, 0.1) is 4.77 Å². The fourth-order valence-corrected chi connectivity index (χ4v) is 2.48. The van der Waals surface area contributed by atoms with Crippen molar-refractivity contribution in [3.8, 4) is 0 Å². The molecule has 0 amide bonds. The van der Waals surface area contributed by atoms with E-state index in [1.165, 1.54) is 0 Å². The van der Waals surface area contributed by atoms with Gasteiger partial charge in [-0.1, -0.05) is 11.6 Å². The van der Waals surface area contributed by atoms with Gasteiger partial charge in [0, 0.05) is 31.7 Å². The molecule has 0 aliphatic carbocycles. The number of hydrogen-bond donors (Lipinski definition) is 1. The fraction of sp³-hybridized carbons (Fsp3) is 0.182. The molecule has 0 aliphatic heterocycles. The molecular weight excluding hydrogens is 270 g/mol. The Labute approximate surface area is 113 Å². The molecule has 0 unspecified atom stereocenters. The molecule has 0 radical (unpaired) electrons. The minimum atomic E-state index is 0.602. The van der Waals surface area contributed by atoms with Gasteiger partial charge in [-0.05, 0) is 12.2 Å². The van der Waals surface area contributed by atoms with E-state index >= 15 is 0 Å². The van der Waals surface area contributed by atoms with Crippen molar-refractivity contribution >= 4 is 34.9 Å². The van der Waals surface area contributed by atoms with Gasteiger partial charge in [0.1, 0.15) is 0 Å². The Kier molecular flexibility index (Phi) is 2.89. The first-order valence-corrected chi connectivity index (χ1v) is 6.22. The van der Waals surface area contributed by atoms with E-state index in [-0.39, 0.29) is 0 Å². The Hall–Kier alpha value is -1.66. The van der Waals surface area contributed by atoms with E-state index in [2.05, 4.69) is 15.0 Å². The number of nitrogens with one attached hydrogen (secondary N) is 1. The van der Waals surface area contributed by atoms with Crippen molar-refractivity contribution in [1.29, 1.82) is 0 Å². The van der Waals surface area contributed by atoms with Crippen LogP contribution in [-0.2, 0) is 13.1 Å². The summed E-state index contributed by atoms with van der Waals surface area (Å²) in [4.78, 5) is 11.2. The molecule has 92 valence electrons. The van der Waals surface area contributed by atoms with Crippen LogP contribution in [0.2, 0.25) is 5.02 Å². The van der Waals surface area contributed by atoms with Gasteiger partial charge in [0.15, 0.2) is 4.77 Å². The molecule has 5 nitrogen and oxygen atoms in total. The molecule has 0 saturated heterocycles. The van der Waals surface area contributed by atoms with Crippen molar-refractivity contribution in [2.45, 2.75) is 13.1 Å². The molecule has 1 N–H and O–H groups in total. The summed E-state index contributed by atoms with van der Waals surface area (Å²) in [5, 5.41) is 0.602. The summed E-state index contributed by atoms with van der Waals surface area (Å²) in [6.07, 6.45) is 8.81. The monoisotopic (exact) mass is 279 g/mol. The number of H-pyrrole nitrogens is 1. The minimum Gasteiger partial charge on any atom is -0.336 e. The van der Waals surface area contributed by atoms with Gasteiger partial charge in [-0.15, -0.1) is 0 Å². The smallest absolute Gasteiger partial charge is 0.178 e. The highest BCUT2D eigenvalue weighted by molar-refractivity contribution is 7.71. The number of imidazole rings is 2. The molecule has 0 fully saturated rings. The molecule has 3 rings (SSSR count). The number of aromatic nitrogens is 5. The first kappa shape index (κ1) is 11.4. The Balaban J connectivity index is 2.01. The highest BCUT2D eigenvalue weighted by atomic mass is 35.5. The standard InChI is InChI=1S/C11H10ClN5S/c12-8-5-14-6-9-10(8)17(11(18)15-9)4-3-16-2-1-13-7-16/h1-2,5-7H,3-4H2,(H,15,18). The Bertz CT molecular complexity index is 728. The Morgan fingerprint density at radius 2 is 2.17 bits per heavy atom. The summed E-state index contributed by atoms with van der Waals surface area (Å²) in [7, 11) is 0. The molecule has 3 aromatic rings. The number of rotatable bonds is 3. The van der Waals surface area contributed by atoms with E-state index in [1.54, 1.807) is 24.9 Å². The van der Waals surface area contributed by atoms with E-state index in [0.717, 1.165) is 24.1 Å². The molecule has 0 aliphatic rings. The lowest BCUT2D eigenvalue weighted by Crippen LogP contribution is -2.06. The van der Waals surface area contributed by atoms with Crippen LogP contribution in [0.4, 0.5) is 0 Å². The number of pyridine rings is 1. The highest BCUT2D eigenvalue weighted by Crippen LogP contribution is 2.21. The van der Waals surface area contributed by atoms with Crippen LogP contribution < -0.4 is 0 Å². The summed E-state index contributed by atoms with van der Waals surface area (Å²) < 4.78 is 4.63. The van der Waals surface area contributed by atoms with E-state index in [1.807, 2.05) is 15.3 Å². The topological polar surface area (TPSA) is 51.4 Å². The van der Waals surface area contributed by atoms with Gasteiger partial charge >= 0.3 is 0 Å². The van der Waals surface area contributed by atoms with Crippen molar-refractivity contribution in [3.05, 3.63) is 40.9 Å². The van der Waals surface area contributed by atoms with E-state index < -0.39 is 0 Å². The third kappa shape index (κ3) is 1.93. The number of aryl methyl sites for hydroxylation is 2. The SMILES string of the molecule is S=c1[nH]c2cncc(Cl)c2n1CCn1ccnc1. The van der Waals surface area contributed by atoms with E-state index in [9.17, 15) is 0 Å². The molecule has 0 saturated carbocycles. The molecule has 3 aromatic heterocycles. The quantitative estimate of drug-likeness (QED) is 0.750. The fourth-order valence-electron chi connectivity index (χ4n) is 1.93. The van der Waals surface area contributed by atoms with Crippen LogP contribution in [-0.4, -0.2) is 24.1 Å². The molecule has 0 bridgehead atoms. The number of aromatic amines is 1. The third-order valence-electron chi connectivity index (χ3n) is 2.77. The second-order valence-corrected chi connectivity index (χ2v) is 4.69. The molecular formula is C11H10ClN5S. The lowest BCUT2D eigenvalue weighted by molar-refractivity contribution is 0.584. The largest absolute Gasteiger partial charge is 0.336 e. The third-order valence-corrected chi connectivity index (χ3v) is 3.37. The second kappa shape index (κ2) is 4.55. The zero-order valence-corrected chi connectivity index (χ0v) is 10.9. The molecule has 0 aromatic carbocycles. The average molecular weight is 280 g/mol. The Morgan fingerprint density at radius 1 is 1.28 bits per heavy atom. The van der Waals surface area contributed by atoms with Gasteiger partial charge in [-0.3, -0.25) is 4.98 Å². The maximum absolute atomic E-state index is 6.17. The number of hydrogen-bond acceptors (Lipinski definition) is 3. The maximum atomic E-state index is 6.17. The maximum Gasteiger partial charge on any atom is 0.178 e. The van der Waals surface area contributed by atoms with Gasteiger partial charge in [0.2, 0.25) is 0 Å². The summed E-state index contributed by atoms with van der Waals surface area (Å²) in [5.41, 5.74) is 1.76. The molecule has 3 heterocycles. The van der Waals surface area contributed by atoms with Crippen LogP contribution in [0.5, 0.6) is 0 Å². The summed E-state index contributed by atoms with van der Waals surface area (Å²) in [6, 6.07) is 0. The predicted molar refractivity (Wildman–Crippen MR) is 72.2 cm³/mol. The van der Waals surface area contributed by atoms with Crippen LogP contribution in [0.1, 0.15) is 0 Å². The van der Waals surface area contributed by atoms with Gasteiger partial charge in [-0.25, -0.2) is 4.98 Å². The van der Waals surface area contributed by atoms with Crippen molar-refractivity contribution in [1.82, 2.24) is 24.1 Å². The summed E-state index contributed by atoms with van der Waals surface area (Å²) in [6.45, 7) is 1.53. The van der Waals surface area contributed by atoms with Gasteiger partial charge < -0.3 is 14.1 Å². The highest BCUT2D eigenvalue weighted by Gasteiger charge is 2.08. The molecule has 18 heavy (non-hydrogen) atoms. The lowest BCUT2D eigenvalue weighted by atomic mass is 10.4. The average Bonchev–Trinajstić information content (AvgIpc) is 2.94. The molecule has 0 spiro atoms. The van der Waals surface area contributed by atoms with Gasteiger partial charge in [-0.2, -0.15) is 0 Å². The van der Waals surface area contributed by atoms with Gasteiger partial charge in [0.25, 0.3) is 0 Å². The van der Waals surface area contributed by atoms with Crippen LogP contribution >= 0.6 is 23.8 Å². The minimum absolute atomic E-state index is 0.602. The molecule has 0 atom stereocenters. The van der Waals surface area contributed by atoms with Crippen molar-refractivity contribution in [2.24, 2.45) is 0 Å². The lowest BCUT2D eigenvalue weighted by Gasteiger charge is -2.06. The predicted octanol–water partition coefficient (Wildman–Crippen LogP) is 2.64. The van der Waals surface area contributed by atoms with Crippen molar-refractivity contribution in [3.63, 3.8) is 0 Å². The van der Waals surface area contributed by atoms with Crippen LogP contribution in [0.15, 0.2) is 31.1 Å². The summed E-state index contributed by atoms with van der Waals surface area (Å²) >= 11 is 11.5. The normalized spacial score (nSPS) is 11.2. The van der Waals surface area contributed by atoms with Crippen molar-refractivity contribution in [2.75, 3.05) is 0 Å². The Morgan fingerprint density at radius 3 is 2.94 bits per heavy atom. The first-order chi connectivity index (χ1) is 8.75. The van der Waals surface area contributed by atoms with Crippen LogP contribution in [0.25, 0.3) is 11.0 Å². The van der Waals surface area contributed by atoms with Gasteiger partial charge in [0.05, 0.1) is 28.6 Å². The molecule has 7 heteroatoms. The first-order valence-electron chi connectivity index (χ1n) is 5.43. The van der Waals surface area contributed by atoms with Crippen molar-refractivity contribution < 1.29 is 0 Å². The summed E-state index contributed by atoms with van der Waals surface area (Å²) in [5.74, 6) is 0. The number of nitrogens with zero attached hydrogens (tertiary/aromatic N) is 4.